The normalized spacial score (nSPS) is 11.0. The molecule has 1 N–H and O–H groups in total. The van der Waals surface area contributed by atoms with Gasteiger partial charge in [-0.3, -0.25) is 4.40 Å². The second kappa shape index (κ2) is 4.55. The molecule has 2 heterocycles. The molecule has 1 aromatic carbocycles. The highest BCUT2D eigenvalue weighted by Crippen LogP contribution is 2.24. The molecule has 0 spiro atoms. The fourth-order valence-electron chi connectivity index (χ4n) is 2.02. The van der Waals surface area contributed by atoms with Crippen LogP contribution in [0.3, 0.4) is 0 Å². The number of aliphatic hydroxyl groups excluding tert-OH is 1. The maximum atomic E-state index is 9.36. The van der Waals surface area contributed by atoms with E-state index in [2.05, 4.69) is 20.9 Å². The Morgan fingerprint density at radius 3 is 2.61 bits per heavy atom. The monoisotopic (exact) mass is 302 g/mol. The van der Waals surface area contributed by atoms with E-state index in [0.717, 1.165) is 21.4 Å². The van der Waals surface area contributed by atoms with Crippen molar-refractivity contribution in [3.05, 3.63) is 58.8 Å². The van der Waals surface area contributed by atoms with Crippen LogP contribution in [-0.2, 0) is 6.61 Å². The molecule has 0 amide bonds. The third-order valence-corrected chi connectivity index (χ3v) is 3.41. The Hall–Kier alpha value is -1.65. The van der Waals surface area contributed by atoms with Crippen LogP contribution in [0.2, 0.25) is 0 Å². The lowest BCUT2D eigenvalue weighted by Crippen LogP contribution is -1.87. The number of aromatic nitrogens is 2. The maximum absolute atomic E-state index is 9.36. The molecular weight excluding hydrogens is 292 g/mol. The molecule has 0 aliphatic carbocycles. The van der Waals surface area contributed by atoms with Gasteiger partial charge in [-0.05, 0) is 24.3 Å². The minimum Gasteiger partial charge on any atom is -0.390 e. The molecule has 18 heavy (non-hydrogen) atoms. The van der Waals surface area contributed by atoms with Gasteiger partial charge in [0.2, 0.25) is 0 Å². The first-order valence-corrected chi connectivity index (χ1v) is 6.41. The van der Waals surface area contributed by atoms with E-state index < -0.39 is 0 Å². The van der Waals surface area contributed by atoms with Gasteiger partial charge < -0.3 is 5.11 Å². The van der Waals surface area contributed by atoms with E-state index in [9.17, 15) is 5.11 Å². The van der Waals surface area contributed by atoms with Crippen molar-refractivity contribution >= 4 is 21.4 Å². The van der Waals surface area contributed by atoms with Gasteiger partial charge in [-0.15, -0.1) is 0 Å². The molecule has 4 heteroatoms. The first-order valence-electron chi connectivity index (χ1n) is 5.62. The lowest BCUT2D eigenvalue weighted by molar-refractivity contribution is 0.279. The third-order valence-electron chi connectivity index (χ3n) is 2.88. The Morgan fingerprint density at radius 2 is 1.89 bits per heavy atom. The number of halogens is 1. The van der Waals surface area contributed by atoms with E-state index in [4.69, 9.17) is 0 Å². The fourth-order valence-corrected chi connectivity index (χ4v) is 2.29. The Morgan fingerprint density at radius 1 is 1.11 bits per heavy atom. The van der Waals surface area contributed by atoms with Crippen molar-refractivity contribution in [1.82, 2.24) is 9.38 Å². The molecule has 0 radical (unpaired) electrons. The third kappa shape index (κ3) is 1.83. The summed E-state index contributed by atoms with van der Waals surface area (Å²) in [5.41, 5.74) is 2.67. The number of pyridine rings is 1. The number of hydrogen-bond acceptors (Lipinski definition) is 2. The van der Waals surface area contributed by atoms with Crippen molar-refractivity contribution in [2.45, 2.75) is 6.61 Å². The number of imidazole rings is 1. The van der Waals surface area contributed by atoms with Crippen LogP contribution in [0.15, 0.2) is 53.1 Å². The molecule has 0 saturated heterocycles. The first-order chi connectivity index (χ1) is 8.79. The van der Waals surface area contributed by atoms with Crippen LogP contribution in [-0.4, -0.2) is 14.5 Å². The fraction of sp³-hybridized carbons (Fsp3) is 0.0714. The molecule has 0 atom stereocenters. The lowest BCUT2D eigenvalue weighted by Gasteiger charge is -2.01. The molecule has 0 bridgehead atoms. The number of nitrogens with zero attached hydrogens (tertiary/aromatic N) is 2. The van der Waals surface area contributed by atoms with Crippen molar-refractivity contribution in [3.8, 4) is 11.4 Å². The molecule has 2 aromatic heterocycles. The highest BCUT2D eigenvalue weighted by molar-refractivity contribution is 9.10. The standard InChI is InChI=1S/C14H11BrN2O/c15-11-6-4-10(5-7-11)14-16-12(9-18)13-3-1-2-8-17(13)14/h1-8,18H,9H2. The van der Waals surface area contributed by atoms with Crippen LogP contribution < -0.4 is 0 Å². The van der Waals surface area contributed by atoms with Crippen molar-refractivity contribution in [1.29, 1.82) is 0 Å². The van der Waals surface area contributed by atoms with Gasteiger partial charge in [-0.1, -0.05) is 34.1 Å². The van der Waals surface area contributed by atoms with E-state index in [-0.39, 0.29) is 6.61 Å². The molecule has 0 unspecified atom stereocenters. The van der Waals surface area contributed by atoms with Gasteiger partial charge in [0, 0.05) is 16.2 Å². The van der Waals surface area contributed by atoms with Crippen LogP contribution in [0, 0.1) is 0 Å². The molecule has 90 valence electrons. The zero-order valence-electron chi connectivity index (χ0n) is 9.55. The smallest absolute Gasteiger partial charge is 0.144 e. The average molecular weight is 303 g/mol. The topological polar surface area (TPSA) is 37.5 Å². The minimum atomic E-state index is -0.0515. The van der Waals surface area contributed by atoms with Crippen LogP contribution in [0.1, 0.15) is 5.69 Å². The Balaban J connectivity index is 2.26. The summed E-state index contributed by atoms with van der Waals surface area (Å²) in [6, 6.07) is 13.8. The molecule has 0 aliphatic rings. The van der Waals surface area contributed by atoms with Gasteiger partial charge in [-0.25, -0.2) is 4.98 Å². The van der Waals surface area contributed by atoms with Crippen LogP contribution in [0.25, 0.3) is 16.9 Å². The van der Waals surface area contributed by atoms with E-state index >= 15 is 0 Å². The van der Waals surface area contributed by atoms with Gasteiger partial charge >= 0.3 is 0 Å². The number of aliphatic hydroxyl groups is 1. The summed E-state index contributed by atoms with van der Waals surface area (Å²) in [5, 5.41) is 9.36. The zero-order valence-corrected chi connectivity index (χ0v) is 11.1. The first kappa shape index (κ1) is 11.4. The summed E-state index contributed by atoms with van der Waals surface area (Å²) in [7, 11) is 0. The average Bonchev–Trinajstić information content (AvgIpc) is 2.79. The molecule has 0 aliphatic heterocycles. The van der Waals surface area contributed by atoms with E-state index in [1.807, 2.05) is 53.1 Å². The SMILES string of the molecule is OCc1nc(-c2ccc(Br)cc2)n2ccccc12. The highest BCUT2D eigenvalue weighted by Gasteiger charge is 2.10. The maximum Gasteiger partial charge on any atom is 0.144 e. The Bertz CT molecular complexity index is 689. The summed E-state index contributed by atoms with van der Waals surface area (Å²) in [5.74, 6) is 0.849. The molecule has 0 saturated carbocycles. The molecule has 3 aromatic rings. The van der Waals surface area contributed by atoms with Gasteiger partial charge in [0.25, 0.3) is 0 Å². The van der Waals surface area contributed by atoms with Gasteiger partial charge in [0.05, 0.1) is 17.8 Å². The second-order valence-corrected chi connectivity index (χ2v) is 4.92. The zero-order chi connectivity index (χ0) is 12.5. The van der Waals surface area contributed by atoms with E-state index in [1.165, 1.54) is 0 Å². The predicted octanol–water partition coefficient (Wildman–Crippen LogP) is 3.26. The van der Waals surface area contributed by atoms with Crippen LogP contribution in [0.4, 0.5) is 0 Å². The van der Waals surface area contributed by atoms with Gasteiger partial charge in [0.15, 0.2) is 0 Å². The predicted molar refractivity (Wildman–Crippen MR) is 74.3 cm³/mol. The summed E-state index contributed by atoms with van der Waals surface area (Å²) < 4.78 is 3.03. The number of rotatable bonds is 2. The van der Waals surface area contributed by atoms with Crippen molar-refractivity contribution in [2.24, 2.45) is 0 Å². The summed E-state index contributed by atoms with van der Waals surface area (Å²) in [6.45, 7) is -0.0515. The minimum absolute atomic E-state index is 0.0515. The molecule has 0 fully saturated rings. The quantitative estimate of drug-likeness (QED) is 0.789. The van der Waals surface area contributed by atoms with Crippen molar-refractivity contribution in [2.75, 3.05) is 0 Å². The summed E-state index contributed by atoms with van der Waals surface area (Å²) >= 11 is 3.42. The molecular formula is C14H11BrN2O. The number of benzene rings is 1. The van der Waals surface area contributed by atoms with Gasteiger partial charge in [0.1, 0.15) is 5.82 Å². The Kier molecular flexibility index (Phi) is 2.89. The lowest BCUT2D eigenvalue weighted by atomic mass is 10.2. The Labute approximate surface area is 113 Å². The summed E-state index contributed by atoms with van der Waals surface area (Å²) in [6.07, 6.45) is 1.96. The van der Waals surface area contributed by atoms with Crippen LogP contribution >= 0.6 is 15.9 Å². The largest absolute Gasteiger partial charge is 0.390 e. The van der Waals surface area contributed by atoms with E-state index in [0.29, 0.717) is 5.69 Å². The molecule has 3 nitrogen and oxygen atoms in total. The van der Waals surface area contributed by atoms with Crippen LogP contribution in [0.5, 0.6) is 0 Å². The second-order valence-electron chi connectivity index (χ2n) is 4.00. The number of fused-ring (bicyclic) bond motifs is 1. The highest BCUT2D eigenvalue weighted by atomic mass is 79.9. The van der Waals surface area contributed by atoms with Gasteiger partial charge in [-0.2, -0.15) is 0 Å². The summed E-state index contributed by atoms with van der Waals surface area (Å²) in [4.78, 5) is 4.51. The van der Waals surface area contributed by atoms with Crippen molar-refractivity contribution in [3.63, 3.8) is 0 Å². The number of hydrogen-bond donors (Lipinski definition) is 1. The van der Waals surface area contributed by atoms with E-state index in [1.54, 1.807) is 0 Å². The van der Waals surface area contributed by atoms with Crippen molar-refractivity contribution < 1.29 is 5.11 Å². The molecule has 3 rings (SSSR count).